The van der Waals surface area contributed by atoms with Gasteiger partial charge in [-0.1, -0.05) is 12.7 Å². The van der Waals surface area contributed by atoms with Crippen LogP contribution in [0.4, 0.5) is 0 Å². The molecule has 1 atom stereocenters. The lowest BCUT2D eigenvalue weighted by atomic mass is 10.1. The van der Waals surface area contributed by atoms with Gasteiger partial charge in [0, 0.05) is 24.0 Å². The van der Waals surface area contributed by atoms with Crippen LogP contribution in [0.3, 0.4) is 0 Å². The summed E-state index contributed by atoms with van der Waals surface area (Å²) in [6.45, 7) is 6.61. The molecule has 0 aromatic carbocycles. The predicted molar refractivity (Wildman–Crippen MR) is 62.4 cm³/mol. The number of carbonyl (C=O) groups is 2. The minimum absolute atomic E-state index is 0.0995. The van der Waals surface area contributed by atoms with E-state index in [9.17, 15) is 9.59 Å². The van der Waals surface area contributed by atoms with Crippen LogP contribution < -0.4 is 0 Å². The molecule has 0 aliphatic carbocycles. The SMILES string of the molecule is C=C(CC(C)O)C(=O)OCCC=C(C)C(=O)O. The molecule has 0 amide bonds. The van der Waals surface area contributed by atoms with Crippen molar-refractivity contribution in [2.24, 2.45) is 0 Å². The first-order valence-corrected chi connectivity index (χ1v) is 5.27. The zero-order chi connectivity index (χ0) is 13.4. The van der Waals surface area contributed by atoms with Crippen molar-refractivity contribution >= 4 is 11.9 Å². The van der Waals surface area contributed by atoms with Gasteiger partial charge in [0.15, 0.2) is 0 Å². The summed E-state index contributed by atoms with van der Waals surface area (Å²) >= 11 is 0. The molecule has 17 heavy (non-hydrogen) atoms. The molecule has 0 spiro atoms. The van der Waals surface area contributed by atoms with E-state index in [0.29, 0.717) is 6.42 Å². The molecule has 0 fully saturated rings. The molecule has 0 aromatic rings. The van der Waals surface area contributed by atoms with Crippen molar-refractivity contribution in [3.63, 3.8) is 0 Å². The average molecular weight is 242 g/mol. The maximum atomic E-state index is 11.3. The summed E-state index contributed by atoms with van der Waals surface area (Å²) in [6, 6.07) is 0. The molecule has 5 heteroatoms. The fraction of sp³-hybridized carbons (Fsp3) is 0.500. The third kappa shape index (κ3) is 7.30. The molecule has 0 heterocycles. The van der Waals surface area contributed by atoms with Gasteiger partial charge >= 0.3 is 11.9 Å². The fourth-order valence-corrected chi connectivity index (χ4v) is 1.06. The van der Waals surface area contributed by atoms with Gasteiger partial charge in [0.1, 0.15) is 0 Å². The van der Waals surface area contributed by atoms with E-state index in [1.54, 1.807) is 6.92 Å². The summed E-state index contributed by atoms with van der Waals surface area (Å²) in [6.07, 6.45) is 1.35. The molecule has 1 unspecified atom stereocenters. The van der Waals surface area contributed by atoms with Gasteiger partial charge in [-0.05, 0) is 13.8 Å². The Morgan fingerprint density at radius 3 is 2.53 bits per heavy atom. The Labute approximate surface area is 100 Å². The minimum atomic E-state index is -0.991. The van der Waals surface area contributed by atoms with Crippen LogP contribution in [0.15, 0.2) is 23.8 Å². The van der Waals surface area contributed by atoms with E-state index in [0.717, 1.165) is 0 Å². The zero-order valence-corrected chi connectivity index (χ0v) is 10.1. The molecule has 0 bridgehead atoms. The molecule has 0 saturated carbocycles. The molecule has 96 valence electrons. The van der Waals surface area contributed by atoms with Crippen molar-refractivity contribution in [1.29, 1.82) is 0 Å². The molecular formula is C12H18O5. The highest BCUT2D eigenvalue weighted by Gasteiger charge is 2.10. The Balaban J connectivity index is 3.90. The quantitative estimate of drug-likeness (QED) is 0.399. The summed E-state index contributed by atoms with van der Waals surface area (Å²) in [5.41, 5.74) is 0.419. The lowest BCUT2D eigenvalue weighted by molar-refractivity contribution is -0.139. The monoisotopic (exact) mass is 242 g/mol. The number of carboxylic acid groups (broad SMARTS) is 1. The Hall–Kier alpha value is -1.62. The maximum absolute atomic E-state index is 11.3. The average Bonchev–Trinajstić information content (AvgIpc) is 2.22. The van der Waals surface area contributed by atoms with E-state index in [1.165, 1.54) is 13.0 Å². The van der Waals surface area contributed by atoms with E-state index >= 15 is 0 Å². The third-order valence-electron chi connectivity index (χ3n) is 1.97. The summed E-state index contributed by atoms with van der Waals surface area (Å²) in [4.78, 5) is 21.7. The van der Waals surface area contributed by atoms with Gasteiger partial charge in [0.2, 0.25) is 0 Å². The van der Waals surface area contributed by atoms with Crippen LogP contribution in [-0.4, -0.2) is 34.9 Å². The van der Waals surface area contributed by atoms with E-state index < -0.39 is 18.0 Å². The Morgan fingerprint density at radius 1 is 1.47 bits per heavy atom. The number of aliphatic carboxylic acids is 1. The second-order valence-corrected chi connectivity index (χ2v) is 3.77. The minimum Gasteiger partial charge on any atom is -0.478 e. The van der Waals surface area contributed by atoms with Crippen LogP contribution in [-0.2, 0) is 14.3 Å². The highest BCUT2D eigenvalue weighted by Crippen LogP contribution is 2.05. The predicted octanol–water partition coefficient (Wildman–Crippen LogP) is 1.28. The van der Waals surface area contributed by atoms with Crippen LogP contribution in [0, 0.1) is 0 Å². The highest BCUT2D eigenvalue weighted by atomic mass is 16.5. The molecule has 0 aromatic heterocycles. The second-order valence-electron chi connectivity index (χ2n) is 3.77. The van der Waals surface area contributed by atoms with Gasteiger partial charge in [0.05, 0.1) is 12.7 Å². The number of rotatable bonds is 7. The molecule has 0 aliphatic rings. The first-order chi connectivity index (χ1) is 7.84. The number of ether oxygens (including phenoxy) is 1. The normalized spacial score (nSPS) is 13.0. The van der Waals surface area contributed by atoms with Crippen molar-refractivity contribution in [3.05, 3.63) is 23.8 Å². The first kappa shape index (κ1) is 15.4. The molecular weight excluding hydrogens is 224 g/mol. The van der Waals surface area contributed by atoms with Crippen molar-refractivity contribution in [3.8, 4) is 0 Å². The fourth-order valence-electron chi connectivity index (χ4n) is 1.06. The lowest BCUT2D eigenvalue weighted by Gasteiger charge is -2.07. The van der Waals surface area contributed by atoms with Crippen LogP contribution in [0.25, 0.3) is 0 Å². The van der Waals surface area contributed by atoms with Gasteiger partial charge in [-0.15, -0.1) is 0 Å². The third-order valence-corrected chi connectivity index (χ3v) is 1.97. The van der Waals surface area contributed by atoms with Gasteiger partial charge in [-0.25, -0.2) is 9.59 Å². The topological polar surface area (TPSA) is 83.8 Å². The molecule has 0 radical (unpaired) electrons. The van der Waals surface area contributed by atoms with E-state index in [1.807, 2.05) is 0 Å². The van der Waals surface area contributed by atoms with Crippen molar-refractivity contribution < 1.29 is 24.5 Å². The summed E-state index contributed by atoms with van der Waals surface area (Å²) in [7, 11) is 0. The number of esters is 1. The van der Waals surface area contributed by atoms with Crippen LogP contribution in [0.5, 0.6) is 0 Å². The number of hydrogen-bond donors (Lipinski definition) is 2. The largest absolute Gasteiger partial charge is 0.478 e. The molecule has 0 saturated heterocycles. The Kier molecular flexibility index (Phi) is 6.89. The van der Waals surface area contributed by atoms with Crippen LogP contribution >= 0.6 is 0 Å². The smallest absolute Gasteiger partial charge is 0.333 e. The molecule has 0 rings (SSSR count). The van der Waals surface area contributed by atoms with E-state index in [2.05, 4.69) is 6.58 Å². The number of aliphatic hydroxyl groups excluding tert-OH is 1. The van der Waals surface area contributed by atoms with Gasteiger partial charge < -0.3 is 14.9 Å². The second kappa shape index (κ2) is 7.62. The Bertz CT molecular complexity index is 328. The Morgan fingerprint density at radius 2 is 2.06 bits per heavy atom. The molecule has 2 N–H and O–H groups in total. The summed E-state index contributed by atoms with van der Waals surface area (Å²) in [5.74, 6) is -1.55. The molecule has 0 aliphatic heterocycles. The van der Waals surface area contributed by atoms with E-state index in [-0.39, 0.29) is 24.2 Å². The van der Waals surface area contributed by atoms with Gasteiger partial charge in [0.25, 0.3) is 0 Å². The number of hydrogen-bond acceptors (Lipinski definition) is 4. The summed E-state index contributed by atoms with van der Waals surface area (Å²) in [5, 5.41) is 17.6. The van der Waals surface area contributed by atoms with Gasteiger partial charge in [-0.2, -0.15) is 0 Å². The van der Waals surface area contributed by atoms with Crippen molar-refractivity contribution in [1.82, 2.24) is 0 Å². The lowest BCUT2D eigenvalue weighted by Crippen LogP contribution is -2.12. The van der Waals surface area contributed by atoms with Crippen molar-refractivity contribution in [2.45, 2.75) is 32.8 Å². The number of aliphatic hydroxyl groups is 1. The number of carboxylic acids is 1. The zero-order valence-electron chi connectivity index (χ0n) is 10.1. The van der Waals surface area contributed by atoms with Crippen LogP contribution in [0.1, 0.15) is 26.7 Å². The number of carbonyl (C=O) groups excluding carboxylic acids is 1. The maximum Gasteiger partial charge on any atom is 0.333 e. The van der Waals surface area contributed by atoms with E-state index in [4.69, 9.17) is 14.9 Å². The standard InChI is InChI=1S/C12H18O5/c1-8(11(14)15)5-4-6-17-12(16)9(2)7-10(3)13/h5,10,13H,2,4,6-7H2,1,3H3,(H,14,15). The van der Waals surface area contributed by atoms with Gasteiger partial charge in [-0.3, -0.25) is 0 Å². The molecule has 5 nitrogen and oxygen atoms in total. The summed E-state index contributed by atoms with van der Waals surface area (Å²) < 4.78 is 4.85. The first-order valence-electron chi connectivity index (χ1n) is 5.27. The highest BCUT2D eigenvalue weighted by molar-refractivity contribution is 5.87. The van der Waals surface area contributed by atoms with Crippen LogP contribution in [0.2, 0.25) is 0 Å². The van der Waals surface area contributed by atoms with Crippen molar-refractivity contribution in [2.75, 3.05) is 6.61 Å².